The van der Waals surface area contributed by atoms with Crippen LogP contribution in [-0.2, 0) is 16.6 Å². The summed E-state index contributed by atoms with van der Waals surface area (Å²) in [4.78, 5) is 0.263. The Balaban J connectivity index is 2.11. The van der Waals surface area contributed by atoms with Gasteiger partial charge in [-0.15, -0.1) is 0 Å². The lowest BCUT2D eigenvalue weighted by molar-refractivity contribution is 0.420. The highest BCUT2D eigenvalue weighted by molar-refractivity contribution is 7.99. The molecule has 0 aliphatic heterocycles. The number of hydrogen-bond acceptors (Lipinski definition) is 5. The summed E-state index contributed by atoms with van der Waals surface area (Å²) in [6.45, 7) is 2.22. The Labute approximate surface area is 131 Å². The molecule has 1 aliphatic carbocycles. The minimum absolute atomic E-state index is 0.0308. The van der Waals surface area contributed by atoms with Crippen molar-refractivity contribution in [1.29, 1.82) is 0 Å². The van der Waals surface area contributed by atoms with Gasteiger partial charge in [0.1, 0.15) is 16.4 Å². The van der Waals surface area contributed by atoms with Crippen LogP contribution in [0.2, 0.25) is 0 Å². The molecule has 1 aromatic heterocycles. The average Bonchev–Trinajstić information content (AvgIpc) is 2.81. The van der Waals surface area contributed by atoms with Gasteiger partial charge in [0.05, 0.1) is 6.54 Å². The van der Waals surface area contributed by atoms with Crippen molar-refractivity contribution in [3.05, 3.63) is 17.6 Å². The molecule has 0 amide bonds. The van der Waals surface area contributed by atoms with E-state index in [9.17, 15) is 8.42 Å². The van der Waals surface area contributed by atoms with Gasteiger partial charge in [0.25, 0.3) is 0 Å². The molecule has 0 aromatic carbocycles. The molecule has 1 aromatic rings. The number of rotatable bonds is 6. The van der Waals surface area contributed by atoms with Crippen LogP contribution >= 0.6 is 11.8 Å². The first-order valence-electron chi connectivity index (χ1n) is 7.25. The fourth-order valence-corrected chi connectivity index (χ4v) is 5.12. The molecule has 0 radical (unpaired) electrons. The van der Waals surface area contributed by atoms with Gasteiger partial charge >= 0.3 is 0 Å². The lowest BCUT2D eigenvalue weighted by Crippen LogP contribution is -2.39. The molecule has 0 saturated heterocycles. The van der Waals surface area contributed by atoms with Crippen LogP contribution in [0, 0.1) is 6.92 Å². The van der Waals surface area contributed by atoms with E-state index in [2.05, 4.69) is 16.3 Å². The lowest BCUT2D eigenvalue weighted by atomic mass is 9.96. The molecule has 2 N–H and O–H groups in total. The molecular weight excluding hydrogens is 308 g/mol. The smallest absolute Gasteiger partial charge is 0.244 e. The van der Waals surface area contributed by atoms with Crippen LogP contribution in [0.15, 0.2) is 15.4 Å². The van der Waals surface area contributed by atoms with Crippen molar-refractivity contribution in [3.63, 3.8) is 0 Å². The van der Waals surface area contributed by atoms with Crippen molar-refractivity contribution < 1.29 is 12.8 Å². The maximum atomic E-state index is 12.5. The molecule has 1 fully saturated rings. The van der Waals surface area contributed by atoms with Crippen LogP contribution < -0.4 is 10.0 Å². The first-order valence-corrected chi connectivity index (χ1v) is 10.0. The molecule has 2 rings (SSSR count). The normalized spacial score (nSPS) is 23.4. The quantitative estimate of drug-likeness (QED) is 0.836. The zero-order chi connectivity index (χ0) is 15.5. The van der Waals surface area contributed by atoms with Crippen LogP contribution in [-0.4, -0.2) is 33.0 Å². The molecule has 1 saturated carbocycles. The maximum absolute atomic E-state index is 12.5. The monoisotopic (exact) mass is 332 g/mol. The second-order valence-corrected chi connectivity index (χ2v) is 8.33. The van der Waals surface area contributed by atoms with E-state index in [0.717, 1.165) is 19.3 Å². The van der Waals surface area contributed by atoms with Crippen molar-refractivity contribution >= 4 is 21.8 Å². The molecule has 7 heteroatoms. The third-order valence-electron chi connectivity index (χ3n) is 3.85. The SMILES string of the molecule is CNCc1cc(S(=O)(=O)NC2CCCC(SC)C2)c(C)o1. The van der Waals surface area contributed by atoms with Crippen LogP contribution in [0.25, 0.3) is 0 Å². The Morgan fingerprint density at radius 1 is 1.43 bits per heavy atom. The van der Waals surface area contributed by atoms with Gasteiger partial charge in [-0.2, -0.15) is 11.8 Å². The molecule has 2 atom stereocenters. The fourth-order valence-electron chi connectivity index (χ4n) is 2.80. The second kappa shape index (κ2) is 7.17. The predicted octanol–water partition coefficient (Wildman–Crippen LogP) is 2.26. The van der Waals surface area contributed by atoms with E-state index < -0.39 is 10.0 Å². The van der Waals surface area contributed by atoms with E-state index in [0.29, 0.717) is 23.3 Å². The summed E-state index contributed by atoms with van der Waals surface area (Å²) < 4.78 is 33.4. The first kappa shape index (κ1) is 16.9. The number of aryl methyl sites for hydroxylation is 1. The molecule has 1 heterocycles. The van der Waals surface area contributed by atoms with Gasteiger partial charge in [-0.3, -0.25) is 0 Å². The van der Waals surface area contributed by atoms with Crippen LogP contribution in [0.1, 0.15) is 37.2 Å². The summed E-state index contributed by atoms with van der Waals surface area (Å²) >= 11 is 1.82. The number of furan rings is 1. The Bertz CT molecular complexity index is 569. The van der Waals surface area contributed by atoms with Gasteiger partial charge in [-0.25, -0.2) is 13.1 Å². The number of hydrogen-bond donors (Lipinski definition) is 2. The summed E-state index contributed by atoms with van der Waals surface area (Å²) in [6.07, 6.45) is 6.16. The molecular formula is C14H24N2O3S2. The van der Waals surface area contributed by atoms with Crippen molar-refractivity contribution in [2.24, 2.45) is 0 Å². The van der Waals surface area contributed by atoms with Crippen molar-refractivity contribution in [2.75, 3.05) is 13.3 Å². The molecule has 21 heavy (non-hydrogen) atoms. The summed E-state index contributed by atoms with van der Waals surface area (Å²) in [7, 11) is -1.70. The number of sulfonamides is 1. The topological polar surface area (TPSA) is 71.3 Å². The molecule has 0 spiro atoms. The van der Waals surface area contributed by atoms with Crippen LogP contribution in [0.3, 0.4) is 0 Å². The van der Waals surface area contributed by atoms with Crippen molar-refractivity contribution in [1.82, 2.24) is 10.0 Å². The largest absolute Gasteiger partial charge is 0.464 e. The number of thioether (sulfide) groups is 1. The third kappa shape index (κ3) is 4.25. The highest BCUT2D eigenvalue weighted by Crippen LogP contribution is 2.28. The molecule has 0 bridgehead atoms. The molecule has 1 aliphatic rings. The van der Waals surface area contributed by atoms with E-state index in [4.69, 9.17) is 4.42 Å². The van der Waals surface area contributed by atoms with Crippen molar-refractivity contribution in [3.8, 4) is 0 Å². The van der Waals surface area contributed by atoms with E-state index in [1.54, 1.807) is 20.0 Å². The summed E-state index contributed by atoms with van der Waals surface area (Å²) in [6, 6.07) is 1.64. The van der Waals surface area contributed by atoms with Gasteiger partial charge < -0.3 is 9.73 Å². The molecule has 120 valence electrons. The highest BCUT2D eigenvalue weighted by Gasteiger charge is 2.28. The fraction of sp³-hybridized carbons (Fsp3) is 0.714. The highest BCUT2D eigenvalue weighted by atomic mass is 32.2. The average molecular weight is 332 g/mol. The van der Waals surface area contributed by atoms with Crippen molar-refractivity contribution in [2.45, 2.75) is 55.3 Å². The van der Waals surface area contributed by atoms with Gasteiger partial charge in [-0.1, -0.05) is 6.42 Å². The Hall–Kier alpha value is -0.500. The minimum atomic E-state index is -3.50. The number of nitrogens with one attached hydrogen (secondary N) is 2. The van der Waals surface area contributed by atoms with E-state index in [1.807, 2.05) is 11.8 Å². The van der Waals surface area contributed by atoms with Crippen LogP contribution in [0.4, 0.5) is 0 Å². The third-order valence-corrected chi connectivity index (χ3v) is 6.57. The molecule has 2 unspecified atom stereocenters. The summed E-state index contributed by atoms with van der Waals surface area (Å²) in [5.74, 6) is 1.09. The Kier molecular flexibility index (Phi) is 5.76. The zero-order valence-electron chi connectivity index (χ0n) is 12.8. The maximum Gasteiger partial charge on any atom is 0.244 e. The Morgan fingerprint density at radius 3 is 2.86 bits per heavy atom. The van der Waals surface area contributed by atoms with E-state index >= 15 is 0 Å². The Morgan fingerprint density at radius 2 is 2.19 bits per heavy atom. The van der Waals surface area contributed by atoms with Gasteiger partial charge in [0, 0.05) is 17.4 Å². The first-order chi connectivity index (χ1) is 9.96. The standard InChI is InChI=1S/C14H24N2O3S2/c1-10-14(8-12(19-10)9-15-2)21(17,18)16-11-5-4-6-13(7-11)20-3/h8,11,13,15-16H,4-7,9H2,1-3H3. The summed E-state index contributed by atoms with van der Waals surface area (Å²) in [5.41, 5.74) is 0. The van der Waals surface area contributed by atoms with Crippen LogP contribution in [0.5, 0.6) is 0 Å². The molecule has 5 nitrogen and oxygen atoms in total. The second-order valence-electron chi connectivity index (χ2n) is 5.51. The van der Waals surface area contributed by atoms with E-state index in [1.165, 1.54) is 6.42 Å². The summed E-state index contributed by atoms with van der Waals surface area (Å²) in [5, 5.41) is 3.51. The van der Waals surface area contributed by atoms with E-state index in [-0.39, 0.29) is 10.9 Å². The zero-order valence-corrected chi connectivity index (χ0v) is 14.4. The van der Waals surface area contributed by atoms with Gasteiger partial charge in [0.2, 0.25) is 10.0 Å². The minimum Gasteiger partial charge on any atom is -0.464 e. The van der Waals surface area contributed by atoms with Gasteiger partial charge in [-0.05, 0) is 39.5 Å². The predicted molar refractivity (Wildman–Crippen MR) is 86.1 cm³/mol. The lowest BCUT2D eigenvalue weighted by Gasteiger charge is -2.28. The van der Waals surface area contributed by atoms with Gasteiger partial charge in [0.15, 0.2) is 0 Å².